The fourth-order valence-electron chi connectivity index (χ4n) is 2.19. The van der Waals surface area contributed by atoms with E-state index in [1.807, 2.05) is 0 Å². The van der Waals surface area contributed by atoms with Gasteiger partial charge in [-0.05, 0) is 18.2 Å². The molecule has 0 heterocycles. The van der Waals surface area contributed by atoms with Crippen LogP contribution in [0.4, 0.5) is 0 Å². The van der Waals surface area contributed by atoms with Gasteiger partial charge in [-0.2, -0.15) is 0 Å². The van der Waals surface area contributed by atoms with Gasteiger partial charge in [0.1, 0.15) is 0 Å². The van der Waals surface area contributed by atoms with Crippen LogP contribution in [0.25, 0.3) is 0 Å². The molecule has 1 amide bonds. The summed E-state index contributed by atoms with van der Waals surface area (Å²) in [6, 6.07) is 12.3. The normalized spacial score (nSPS) is 12.3. The molecular weight excluding hydrogens is 378 g/mol. The van der Waals surface area contributed by atoms with Crippen molar-refractivity contribution in [2.75, 3.05) is 20.4 Å². The number of halogens is 1. The van der Waals surface area contributed by atoms with Crippen LogP contribution in [-0.4, -0.2) is 45.5 Å². The Kier molecular flexibility index (Phi) is 6.05. The third-order valence-corrected chi connectivity index (χ3v) is 5.02. The van der Waals surface area contributed by atoms with Crippen molar-refractivity contribution in [3.8, 4) is 0 Å². The lowest BCUT2D eigenvalue weighted by Gasteiger charge is -2.21. The monoisotopic (exact) mass is 395 g/mol. The summed E-state index contributed by atoms with van der Waals surface area (Å²) in [7, 11) is -0.438. The summed E-state index contributed by atoms with van der Waals surface area (Å²) in [5.41, 5.74) is 0.372. The Morgan fingerprint density at radius 2 is 1.69 bits per heavy atom. The summed E-state index contributed by atoms with van der Waals surface area (Å²) >= 11 is 6.02. The van der Waals surface area contributed by atoms with Gasteiger partial charge in [0, 0.05) is 25.9 Å². The minimum absolute atomic E-state index is 0.0338. The van der Waals surface area contributed by atoms with Gasteiger partial charge in [-0.25, -0.2) is 13.2 Å². The van der Waals surface area contributed by atoms with Crippen LogP contribution in [0.2, 0.25) is 5.02 Å². The number of hydrogen-bond acceptors (Lipinski definition) is 5. The number of ether oxygens (including phenoxy) is 1. The van der Waals surface area contributed by atoms with Gasteiger partial charge in [0.2, 0.25) is 6.10 Å². The number of likely N-dealkylation sites (N-methyl/N-ethyl adjacent to an activating group) is 1. The predicted molar refractivity (Wildman–Crippen MR) is 97.9 cm³/mol. The van der Waals surface area contributed by atoms with Crippen molar-refractivity contribution < 1.29 is 22.7 Å². The lowest BCUT2D eigenvalue weighted by atomic mass is 10.1. The maximum atomic E-state index is 12.6. The number of benzene rings is 2. The van der Waals surface area contributed by atoms with Crippen molar-refractivity contribution in [1.29, 1.82) is 0 Å². The summed E-state index contributed by atoms with van der Waals surface area (Å²) < 4.78 is 28.8. The summed E-state index contributed by atoms with van der Waals surface area (Å²) in [6.07, 6.45) is -0.148. The summed E-state index contributed by atoms with van der Waals surface area (Å²) in [5, 5.41) is 0.0338. The van der Waals surface area contributed by atoms with Crippen molar-refractivity contribution >= 4 is 33.3 Å². The molecule has 0 aliphatic heterocycles. The van der Waals surface area contributed by atoms with E-state index in [0.717, 1.165) is 12.3 Å². The minimum atomic E-state index is -3.53. The standard InChI is InChI=1S/C18H18ClNO5S/c1-20(2)17(21)16(12-7-5-4-6-8-12)25-18(22)14-11-13(26(3,23)24)9-10-15(14)19/h4-11,16H,1-3H3/t16-/m1/s1. The SMILES string of the molecule is CN(C)C(=O)[C@H](OC(=O)c1cc(S(C)(=O)=O)ccc1Cl)c1ccccc1. The number of sulfone groups is 1. The second-order valence-corrected chi connectivity index (χ2v) is 8.27. The fourth-order valence-corrected chi connectivity index (χ4v) is 3.03. The van der Waals surface area contributed by atoms with Crippen LogP contribution in [0.1, 0.15) is 22.0 Å². The number of carbonyl (C=O) groups excluding carboxylic acids is 2. The zero-order valence-electron chi connectivity index (χ0n) is 14.5. The third kappa shape index (κ3) is 4.62. The number of carbonyl (C=O) groups is 2. The number of rotatable bonds is 5. The van der Waals surface area contributed by atoms with Gasteiger partial charge in [-0.3, -0.25) is 4.79 Å². The Balaban J connectivity index is 2.40. The second-order valence-electron chi connectivity index (χ2n) is 5.84. The number of hydrogen-bond donors (Lipinski definition) is 0. The summed E-state index contributed by atoms with van der Waals surface area (Å²) in [5.74, 6) is -1.32. The molecule has 138 valence electrons. The fraction of sp³-hybridized carbons (Fsp3) is 0.222. The van der Waals surface area contributed by atoms with E-state index in [1.165, 1.54) is 17.0 Å². The van der Waals surface area contributed by atoms with Gasteiger partial charge in [0.25, 0.3) is 5.91 Å². The lowest BCUT2D eigenvalue weighted by molar-refractivity contribution is -0.138. The van der Waals surface area contributed by atoms with E-state index < -0.39 is 27.8 Å². The van der Waals surface area contributed by atoms with E-state index in [1.54, 1.807) is 44.4 Å². The van der Waals surface area contributed by atoms with Crippen LogP contribution >= 0.6 is 11.6 Å². The molecule has 26 heavy (non-hydrogen) atoms. The first-order chi connectivity index (χ1) is 12.1. The van der Waals surface area contributed by atoms with Crippen molar-refractivity contribution in [3.63, 3.8) is 0 Å². The molecule has 2 aromatic rings. The first-order valence-corrected chi connectivity index (χ1v) is 9.85. The van der Waals surface area contributed by atoms with E-state index in [9.17, 15) is 18.0 Å². The first kappa shape index (κ1) is 19.9. The maximum absolute atomic E-state index is 12.6. The molecule has 0 aliphatic carbocycles. The number of amides is 1. The Bertz CT molecular complexity index is 926. The second kappa shape index (κ2) is 7.88. The lowest BCUT2D eigenvalue weighted by Crippen LogP contribution is -2.31. The highest BCUT2D eigenvalue weighted by Crippen LogP contribution is 2.26. The van der Waals surface area contributed by atoms with Crippen LogP contribution in [0, 0.1) is 0 Å². The summed E-state index contributed by atoms with van der Waals surface area (Å²) in [4.78, 5) is 26.3. The van der Waals surface area contributed by atoms with Gasteiger partial charge in [-0.15, -0.1) is 0 Å². The quantitative estimate of drug-likeness (QED) is 0.727. The highest BCUT2D eigenvalue weighted by atomic mass is 35.5. The molecule has 2 rings (SSSR count). The van der Waals surface area contributed by atoms with Crippen LogP contribution < -0.4 is 0 Å². The van der Waals surface area contributed by atoms with E-state index in [-0.39, 0.29) is 15.5 Å². The topological polar surface area (TPSA) is 80.8 Å². The molecule has 0 spiro atoms. The number of esters is 1. The molecular formula is C18H18ClNO5S. The van der Waals surface area contributed by atoms with Gasteiger partial charge >= 0.3 is 5.97 Å². The zero-order chi connectivity index (χ0) is 19.5. The van der Waals surface area contributed by atoms with Crippen LogP contribution in [0.5, 0.6) is 0 Å². The first-order valence-electron chi connectivity index (χ1n) is 7.58. The van der Waals surface area contributed by atoms with Crippen molar-refractivity contribution in [2.45, 2.75) is 11.0 Å². The molecule has 0 unspecified atom stereocenters. The molecule has 0 aliphatic rings. The smallest absolute Gasteiger partial charge is 0.340 e. The molecule has 0 radical (unpaired) electrons. The van der Waals surface area contributed by atoms with Gasteiger partial charge in [0.05, 0.1) is 15.5 Å². The molecule has 1 atom stereocenters. The van der Waals surface area contributed by atoms with Gasteiger partial charge < -0.3 is 9.64 Å². The largest absolute Gasteiger partial charge is 0.444 e. The molecule has 0 saturated heterocycles. The number of nitrogens with zero attached hydrogens (tertiary/aromatic N) is 1. The van der Waals surface area contributed by atoms with E-state index in [2.05, 4.69) is 0 Å². The molecule has 0 saturated carbocycles. The van der Waals surface area contributed by atoms with Gasteiger partial charge in [0.15, 0.2) is 9.84 Å². The van der Waals surface area contributed by atoms with Crippen LogP contribution in [0.3, 0.4) is 0 Å². The average molecular weight is 396 g/mol. The van der Waals surface area contributed by atoms with E-state index >= 15 is 0 Å². The molecule has 0 aromatic heterocycles. The predicted octanol–water partition coefficient (Wildman–Crippen LogP) is 2.73. The molecule has 2 aromatic carbocycles. The molecule has 8 heteroatoms. The molecule has 0 bridgehead atoms. The maximum Gasteiger partial charge on any atom is 0.340 e. The van der Waals surface area contributed by atoms with Crippen molar-refractivity contribution in [3.05, 3.63) is 64.7 Å². The Morgan fingerprint density at radius 1 is 1.08 bits per heavy atom. The zero-order valence-corrected chi connectivity index (χ0v) is 16.0. The van der Waals surface area contributed by atoms with E-state index in [0.29, 0.717) is 5.56 Å². The van der Waals surface area contributed by atoms with Gasteiger partial charge in [-0.1, -0.05) is 41.9 Å². The molecule has 0 fully saturated rings. The molecule has 6 nitrogen and oxygen atoms in total. The highest BCUT2D eigenvalue weighted by molar-refractivity contribution is 7.90. The van der Waals surface area contributed by atoms with Crippen LogP contribution in [0.15, 0.2) is 53.4 Å². The Labute approximate surface area is 157 Å². The average Bonchev–Trinajstić information content (AvgIpc) is 2.58. The van der Waals surface area contributed by atoms with Crippen molar-refractivity contribution in [1.82, 2.24) is 4.90 Å². The Hall–Kier alpha value is -2.38. The third-order valence-electron chi connectivity index (χ3n) is 3.58. The van der Waals surface area contributed by atoms with E-state index in [4.69, 9.17) is 16.3 Å². The summed E-state index contributed by atoms with van der Waals surface area (Å²) in [6.45, 7) is 0. The van der Waals surface area contributed by atoms with Crippen LogP contribution in [-0.2, 0) is 19.4 Å². The highest BCUT2D eigenvalue weighted by Gasteiger charge is 2.28. The van der Waals surface area contributed by atoms with Crippen molar-refractivity contribution in [2.24, 2.45) is 0 Å². The minimum Gasteiger partial charge on any atom is -0.444 e. The molecule has 0 N–H and O–H groups in total. The Morgan fingerprint density at radius 3 is 2.23 bits per heavy atom.